The summed E-state index contributed by atoms with van der Waals surface area (Å²) < 4.78 is 5.53. The highest BCUT2D eigenvalue weighted by Crippen LogP contribution is 2.31. The van der Waals surface area contributed by atoms with E-state index in [1.165, 1.54) is 11.1 Å². The molecule has 1 fully saturated rings. The van der Waals surface area contributed by atoms with E-state index in [1.54, 1.807) is 19.2 Å². The molecule has 126 valence electrons. The lowest BCUT2D eigenvalue weighted by Gasteiger charge is -2.37. The number of hydrogen-bond donors (Lipinski definition) is 2. The second-order valence-electron chi connectivity index (χ2n) is 5.99. The zero-order valence-corrected chi connectivity index (χ0v) is 13.9. The van der Waals surface area contributed by atoms with Crippen molar-refractivity contribution in [2.45, 2.75) is 12.6 Å². The third-order valence-corrected chi connectivity index (χ3v) is 4.48. The highest BCUT2D eigenvalue weighted by atomic mass is 16.5. The largest absolute Gasteiger partial charge is 0.496 e. The molecule has 2 aromatic rings. The van der Waals surface area contributed by atoms with E-state index in [0.29, 0.717) is 5.56 Å². The van der Waals surface area contributed by atoms with Gasteiger partial charge in [0.15, 0.2) is 0 Å². The second kappa shape index (κ2) is 7.47. The lowest BCUT2D eigenvalue weighted by molar-refractivity contribution is 0.1000. The summed E-state index contributed by atoms with van der Waals surface area (Å²) in [4.78, 5) is 13.6. The van der Waals surface area contributed by atoms with Crippen LogP contribution in [-0.4, -0.2) is 37.6 Å². The van der Waals surface area contributed by atoms with Crippen LogP contribution in [0.4, 0.5) is 0 Å². The fourth-order valence-corrected chi connectivity index (χ4v) is 3.19. The molecule has 0 aromatic heterocycles. The summed E-state index contributed by atoms with van der Waals surface area (Å²) >= 11 is 0. The summed E-state index contributed by atoms with van der Waals surface area (Å²) in [6.45, 7) is 3.63. The Bertz CT molecular complexity index is 700. The zero-order chi connectivity index (χ0) is 16.9. The molecule has 0 spiro atoms. The molecule has 1 aliphatic rings. The number of methoxy groups -OCH3 is 1. The maximum absolute atomic E-state index is 11.2. The van der Waals surface area contributed by atoms with Gasteiger partial charge >= 0.3 is 0 Å². The molecule has 1 heterocycles. The van der Waals surface area contributed by atoms with Crippen molar-refractivity contribution < 1.29 is 9.53 Å². The van der Waals surface area contributed by atoms with E-state index in [1.807, 2.05) is 30.3 Å². The van der Waals surface area contributed by atoms with Gasteiger partial charge in [0.05, 0.1) is 13.2 Å². The van der Waals surface area contributed by atoms with Crippen LogP contribution < -0.4 is 15.8 Å². The number of para-hydroxylation sites is 1. The van der Waals surface area contributed by atoms with Gasteiger partial charge in [-0.15, -0.1) is 0 Å². The number of amides is 1. The number of primary amides is 1. The Labute approximate surface area is 142 Å². The summed E-state index contributed by atoms with van der Waals surface area (Å²) in [5.74, 6) is 0.524. The van der Waals surface area contributed by atoms with Crippen LogP contribution in [0, 0.1) is 0 Å². The predicted molar refractivity (Wildman–Crippen MR) is 94.0 cm³/mol. The van der Waals surface area contributed by atoms with Crippen molar-refractivity contribution in [1.82, 2.24) is 10.2 Å². The SMILES string of the molecule is COc1ccccc1C1CNCCN1Cc1ccc(C(N)=O)cc1. The second-order valence-corrected chi connectivity index (χ2v) is 5.99. The molecule has 0 aliphatic carbocycles. The summed E-state index contributed by atoms with van der Waals surface area (Å²) in [5, 5.41) is 3.47. The molecule has 5 nitrogen and oxygen atoms in total. The van der Waals surface area contributed by atoms with Crippen LogP contribution in [0.2, 0.25) is 0 Å². The first-order chi connectivity index (χ1) is 11.7. The number of nitrogens with one attached hydrogen (secondary N) is 1. The van der Waals surface area contributed by atoms with Gasteiger partial charge in [-0.1, -0.05) is 30.3 Å². The van der Waals surface area contributed by atoms with E-state index >= 15 is 0 Å². The van der Waals surface area contributed by atoms with Crippen molar-refractivity contribution in [2.24, 2.45) is 5.73 Å². The summed E-state index contributed by atoms with van der Waals surface area (Å²) in [6.07, 6.45) is 0. The fraction of sp³-hybridized carbons (Fsp3) is 0.316. The van der Waals surface area contributed by atoms with Gasteiger partial charge in [0.2, 0.25) is 5.91 Å². The Morgan fingerprint density at radius 2 is 2.00 bits per heavy atom. The molecule has 1 aliphatic heterocycles. The van der Waals surface area contributed by atoms with E-state index in [-0.39, 0.29) is 6.04 Å². The van der Waals surface area contributed by atoms with E-state index in [2.05, 4.69) is 16.3 Å². The number of nitrogens with zero attached hydrogens (tertiary/aromatic N) is 1. The average Bonchev–Trinajstić information content (AvgIpc) is 2.62. The smallest absolute Gasteiger partial charge is 0.248 e. The number of nitrogens with two attached hydrogens (primary N) is 1. The number of ether oxygens (including phenoxy) is 1. The van der Waals surface area contributed by atoms with Gasteiger partial charge in [-0.25, -0.2) is 0 Å². The van der Waals surface area contributed by atoms with Gasteiger partial charge < -0.3 is 15.8 Å². The summed E-state index contributed by atoms with van der Waals surface area (Å²) in [7, 11) is 1.71. The molecule has 0 saturated carbocycles. The first-order valence-electron chi connectivity index (χ1n) is 8.15. The summed E-state index contributed by atoms with van der Waals surface area (Å²) in [6, 6.07) is 15.9. The maximum Gasteiger partial charge on any atom is 0.248 e. The highest BCUT2D eigenvalue weighted by molar-refractivity contribution is 5.92. The monoisotopic (exact) mass is 325 g/mol. The standard InChI is InChI=1S/C19H23N3O2/c1-24-18-5-3-2-4-16(18)17-12-21-10-11-22(17)13-14-6-8-15(9-7-14)19(20)23/h2-9,17,21H,10-13H2,1H3,(H2,20,23). The summed E-state index contributed by atoms with van der Waals surface area (Å²) in [5.41, 5.74) is 8.21. The molecule has 3 rings (SSSR count). The van der Waals surface area contributed by atoms with Crippen molar-refractivity contribution in [3.05, 3.63) is 65.2 Å². The van der Waals surface area contributed by atoms with Crippen LogP contribution in [0.15, 0.2) is 48.5 Å². The van der Waals surface area contributed by atoms with Crippen molar-refractivity contribution in [2.75, 3.05) is 26.7 Å². The molecule has 3 N–H and O–H groups in total. The molecule has 1 saturated heterocycles. The van der Waals surface area contributed by atoms with Crippen LogP contribution >= 0.6 is 0 Å². The molecule has 0 radical (unpaired) electrons. The van der Waals surface area contributed by atoms with Gasteiger partial charge in [0.1, 0.15) is 5.75 Å². The number of rotatable bonds is 5. The topological polar surface area (TPSA) is 67.6 Å². The third-order valence-electron chi connectivity index (χ3n) is 4.48. The highest BCUT2D eigenvalue weighted by Gasteiger charge is 2.26. The predicted octanol–water partition coefficient (Wildman–Crippen LogP) is 1.94. The molecule has 2 aromatic carbocycles. The quantitative estimate of drug-likeness (QED) is 0.881. The molecule has 5 heteroatoms. The van der Waals surface area contributed by atoms with E-state index in [4.69, 9.17) is 10.5 Å². The van der Waals surface area contributed by atoms with Crippen LogP contribution in [0.1, 0.15) is 27.5 Å². The van der Waals surface area contributed by atoms with Crippen LogP contribution in [0.5, 0.6) is 5.75 Å². The molecule has 24 heavy (non-hydrogen) atoms. The zero-order valence-electron chi connectivity index (χ0n) is 13.9. The molecular formula is C19H23N3O2. The van der Waals surface area contributed by atoms with Crippen molar-refractivity contribution >= 4 is 5.91 Å². The van der Waals surface area contributed by atoms with E-state index in [9.17, 15) is 4.79 Å². The number of hydrogen-bond acceptors (Lipinski definition) is 4. The molecule has 1 atom stereocenters. The van der Waals surface area contributed by atoms with Gasteiger partial charge in [-0.05, 0) is 23.8 Å². The van der Waals surface area contributed by atoms with Crippen molar-refractivity contribution in [3.63, 3.8) is 0 Å². The van der Waals surface area contributed by atoms with Crippen LogP contribution in [-0.2, 0) is 6.54 Å². The Kier molecular flexibility index (Phi) is 5.13. The minimum Gasteiger partial charge on any atom is -0.496 e. The lowest BCUT2D eigenvalue weighted by Crippen LogP contribution is -2.45. The Morgan fingerprint density at radius 3 is 2.71 bits per heavy atom. The van der Waals surface area contributed by atoms with Gasteiger partial charge in [-0.3, -0.25) is 9.69 Å². The maximum atomic E-state index is 11.2. The third kappa shape index (κ3) is 3.58. The van der Waals surface area contributed by atoms with E-state index in [0.717, 1.165) is 31.9 Å². The van der Waals surface area contributed by atoms with Crippen LogP contribution in [0.25, 0.3) is 0 Å². The lowest BCUT2D eigenvalue weighted by atomic mass is 10.0. The van der Waals surface area contributed by atoms with E-state index < -0.39 is 5.91 Å². The van der Waals surface area contributed by atoms with Gasteiger partial charge in [0.25, 0.3) is 0 Å². The van der Waals surface area contributed by atoms with Crippen molar-refractivity contribution in [3.8, 4) is 5.75 Å². The Hall–Kier alpha value is -2.37. The van der Waals surface area contributed by atoms with Crippen molar-refractivity contribution in [1.29, 1.82) is 0 Å². The number of benzene rings is 2. The average molecular weight is 325 g/mol. The first-order valence-corrected chi connectivity index (χ1v) is 8.15. The molecule has 1 unspecified atom stereocenters. The normalized spacial score (nSPS) is 18.3. The fourth-order valence-electron chi connectivity index (χ4n) is 3.19. The minimum atomic E-state index is -0.393. The van der Waals surface area contributed by atoms with Gasteiger partial charge in [0, 0.05) is 37.3 Å². The molecule has 1 amide bonds. The van der Waals surface area contributed by atoms with Gasteiger partial charge in [-0.2, -0.15) is 0 Å². The number of carbonyl (C=O) groups is 1. The first kappa shape index (κ1) is 16.5. The molecule has 0 bridgehead atoms. The molecular weight excluding hydrogens is 302 g/mol. The number of carbonyl (C=O) groups excluding carboxylic acids is 1. The Balaban J connectivity index is 1.81. The Morgan fingerprint density at radius 1 is 1.25 bits per heavy atom. The number of piperazine rings is 1. The van der Waals surface area contributed by atoms with Crippen LogP contribution in [0.3, 0.4) is 0 Å². The minimum absolute atomic E-state index is 0.255.